The summed E-state index contributed by atoms with van der Waals surface area (Å²) in [6, 6.07) is 57.5. The maximum Gasteiger partial charge on any atom is 0.164 e. The lowest BCUT2D eigenvalue weighted by Gasteiger charge is -2.14. The second kappa shape index (κ2) is 16.3. The molecule has 0 radical (unpaired) electrons. The Morgan fingerprint density at radius 3 is 0.730 bits per heavy atom. The third kappa shape index (κ3) is 6.50. The van der Waals surface area contributed by atoms with Gasteiger partial charge in [0.2, 0.25) is 0 Å². The van der Waals surface area contributed by atoms with Crippen molar-refractivity contribution in [3.63, 3.8) is 0 Å². The van der Waals surface area contributed by atoms with Gasteiger partial charge in [-0.1, -0.05) is 133 Å². The molecule has 0 aliphatic heterocycles. The molecule has 0 saturated carbocycles. The fraction of sp³-hybridized carbons (Fsp3) is 0.118. The molecule has 12 aromatic carbocycles. The molecule has 0 N–H and O–H groups in total. The lowest BCUT2D eigenvalue weighted by molar-refractivity contribution is 1.06. The minimum Gasteiger partial charge on any atom is -0.208 e. The molecule has 2 aromatic heterocycles. The van der Waals surface area contributed by atoms with E-state index < -0.39 is 0 Å². The first-order valence-corrected chi connectivity index (χ1v) is 25.5. The van der Waals surface area contributed by atoms with Gasteiger partial charge in [0.1, 0.15) is 0 Å². The van der Waals surface area contributed by atoms with Crippen LogP contribution in [0.3, 0.4) is 0 Å². The van der Waals surface area contributed by atoms with Gasteiger partial charge in [-0.25, -0.2) is 29.9 Å². The van der Waals surface area contributed by atoms with E-state index in [1.54, 1.807) is 0 Å². The molecule has 0 bridgehead atoms. The van der Waals surface area contributed by atoms with Gasteiger partial charge in [0.15, 0.2) is 34.9 Å². The van der Waals surface area contributed by atoms with E-state index in [0.29, 0.717) is 34.9 Å². The van der Waals surface area contributed by atoms with Crippen molar-refractivity contribution >= 4 is 75.4 Å². The fourth-order valence-corrected chi connectivity index (χ4v) is 12.4. The third-order valence-electron chi connectivity index (χ3n) is 15.9. The Hall–Kier alpha value is -9.00. The first-order chi connectivity index (χ1) is 36.0. The van der Waals surface area contributed by atoms with Crippen molar-refractivity contribution < 1.29 is 0 Å². The van der Waals surface area contributed by atoms with Gasteiger partial charge in [-0.2, -0.15) is 0 Å². The van der Waals surface area contributed by atoms with Crippen LogP contribution in [0.15, 0.2) is 158 Å². The van der Waals surface area contributed by atoms with E-state index in [1.807, 2.05) is 0 Å². The average Bonchev–Trinajstić information content (AvgIpc) is 3.88. The highest BCUT2D eigenvalue weighted by molar-refractivity contribution is 6.41. The molecule has 0 fully saturated rings. The molecule has 14 rings (SSSR count). The summed E-state index contributed by atoms with van der Waals surface area (Å²) in [5, 5.41) is 17.3. The van der Waals surface area contributed by atoms with Gasteiger partial charge in [0.05, 0.1) is 0 Å². The summed E-state index contributed by atoms with van der Waals surface area (Å²) in [5.74, 6) is 4.10. The lowest BCUT2D eigenvalue weighted by atomic mass is 9.93. The molecule has 0 amide bonds. The highest BCUT2D eigenvalue weighted by Crippen LogP contribution is 2.48. The smallest absolute Gasteiger partial charge is 0.164 e. The number of hydrogen-bond acceptors (Lipinski definition) is 6. The van der Waals surface area contributed by atoms with E-state index in [4.69, 9.17) is 29.9 Å². The highest BCUT2D eigenvalue weighted by Gasteiger charge is 2.24. The Kier molecular flexibility index (Phi) is 9.61. The number of rotatable bonds is 6. The zero-order chi connectivity index (χ0) is 50.3. The Bertz CT molecular complexity index is 4180. The summed E-state index contributed by atoms with van der Waals surface area (Å²) in [7, 11) is 0. The molecule has 0 aliphatic rings. The lowest BCUT2D eigenvalue weighted by Crippen LogP contribution is -2.03. The zero-order valence-corrected chi connectivity index (χ0v) is 42.7. The largest absolute Gasteiger partial charge is 0.208 e. The Balaban J connectivity index is 0.955. The molecule has 0 aliphatic carbocycles. The molecule has 14 aromatic rings. The summed E-state index contributed by atoms with van der Waals surface area (Å²) < 4.78 is 0. The van der Waals surface area contributed by atoms with Crippen LogP contribution in [-0.2, 0) is 0 Å². The quantitative estimate of drug-likeness (QED) is 0.155. The summed E-state index contributed by atoms with van der Waals surface area (Å²) in [5.41, 5.74) is 15.2. The summed E-state index contributed by atoms with van der Waals surface area (Å²) >= 11 is 0. The molecule has 0 atom stereocenters. The Labute approximate surface area is 429 Å². The van der Waals surface area contributed by atoms with Crippen LogP contribution in [-0.4, -0.2) is 29.9 Å². The maximum absolute atomic E-state index is 5.26. The number of aryl methyl sites for hydroxylation is 8. The number of aromatic nitrogens is 6. The molecular formula is C68H50N6. The minimum atomic E-state index is 0.665. The van der Waals surface area contributed by atoms with Gasteiger partial charge in [0.25, 0.3) is 0 Å². The van der Waals surface area contributed by atoms with E-state index in [1.165, 1.54) is 75.4 Å². The van der Waals surface area contributed by atoms with E-state index in [0.717, 1.165) is 77.9 Å². The van der Waals surface area contributed by atoms with Gasteiger partial charge >= 0.3 is 0 Å². The second-order valence-corrected chi connectivity index (χ2v) is 20.6. The maximum atomic E-state index is 5.26. The predicted octanol–water partition coefficient (Wildman–Crippen LogP) is 17.5. The number of hydrogen-bond donors (Lipinski definition) is 0. The fourth-order valence-electron chi connectivity index (χ4n) is 12.4. The van der Waals surface area contributed by atoms with Gasteiger partial charge in [0, 0.05) is 33.4 Å². The molecule has 6 nitrogen and oxygen atoms in total. The molecule has 0 unspecified atom stereocenters. The zero-order valence-electron chi connectivity index (χ0n) is 42.7. The standard InChI is InChI=1S/C68H50N6/c1-35-15-9-16-36(2)57(35)65-69-63(70-66(73-65)58-37(3)17-10-18-38(58)4)43-27-29-45-51(31-43)47-23-13-25-49-54-34-56-46-30-28-44(32-52(46)48-24-14-26-50(62(48)56)53(54)33-55(45)61(47)49)64-71-67(59-39(5)19-11-20-40(59)6)74-68(72-64)60-41(7)21-12-22-42(60)8/h9-34H,1-8H3. The number of nitrogens with zero attached hydrogens (tertiary/aromatic N) is 6. The van der Waals surface area contributed by atoms with Crippen LogP contribution in [0.1, 0.15) is 44.5 Å². The van der Waals surface area contributed by atoms with E-state index >= 15 is 0 Å². The molecule has 74 heavy (non-hydrogen) atoms. The summed E-state index contributed by atoms with van der Waals surface area (Å²) in [6.07, 6.45) is 0. The highest BCUT2D eigenvalue weighted by atomic mass is 15.0. The molecule has 0 spiro atoms. The number of benzene rings is 10. The van der Waals surface area contributed by atoms with Crippen LogP contribution in [0.4, 0.5) is 0 Å². The van der Waals surface area contributed by atoms with Gasteiger partial charge in [-0.05, 0) is 200 Å². The minimum absolute atomic E-state index is 0.665. The van der Waals surface area contributed by atoms with Crippen LogP contribution in [0, 0.1) is 55.4 Å². The average molecular weight is 951 g/mol. The number of fused-ring (bicyclic) bond motifs is 9. The normalized spacial score (nSPS) is 12.1. The first-order valence-electron chi connectivity index (χ1n) is 25.5. The van der Waals surface area contributed by atoms with Crippen LogP contribution in [0.5, 0.6) is 0 Å². The van der Waals surface area contributed by atoms with Crippen molar-refractivity contribution in [3.05, 3.63) is 202 Å². The second-order valence-electron chi connectivity index (χ2n) is 20.6. The van der Waals surface area contributed by atoms with Crippen molar-refractivity contribution in [1.82, 2.24) is 29.9 Å². The van der Waals surface area contributed by atoms with Crippen LogP contribution in [0.2, 0.25) is 0 Å². The van der Waals surface area contributed by atoms with Crippen molar-refractivity contribution in [2.75, 3.05) is 0 Å². The molecule has 2 heterocycles. The van der Waals surface area contributed by atoms with Crippen molar-refractivity contribution in [2.45, 2.75) is 55.4 Å². The molecule has 0 saturated heterocycles. The van der Waals surface area contributed by atoms with Crippen molar-refractivity contribution in [3.8, 4) is 68.3 Å². The van der Waals surface area contributed by atoms with Crippen molar-refractivity contribution in [2.24, 2.45) is 0 Å². The van der Waals surface area contributed by atoms with Crippen molar-refractivity contribution in [1.29, 1.82) is 0 Å². The van der Waals surface area contributed by atoms with Crippen LogP contribution in [0.25, 0.3) is 144 Å². The van der Waals surface area contributed by atoms with E-state index in [9.17, 15) is 0 Å². The molecule has 6 heteroatoms. The Morgan fingerprint density at radius 2 is 0.446 bits per heavy atom. The molecule has 352 valence electrons. The monoisotopic (exact) mass is 950 g/mol. The van der Waals surface area contributed by atoms with E-state index in [2.05, 4.69) is 213 Å². The summed E-state index contributed by atoms with van der Waals surface area (Å²) in [4.78, 5) is 31.4. The summed E-state index contributed by atoms with van der Waals surface area (Å²) in [6.45, 7) is 17.1. The van der Waals surface area contributed by atoms with Gasteiger partial charge < -0.3 is 0 Å². The van der Waals surface area contributed by atoms with Crippen LogP contribution >= 0.6 is 0 Å². The SMILES string of the molecule is Cc1cccc(C)c1-c1nc(-c2ccc3c(c2)c2cccc4c5cc6c7ccc(-c8nc(-c9c(C)cccc9C)nc(-c9c(C)cccc9C)n8)cc7c7cccc(c5cc3c24)c76)nc(-c2c(C)cccc2C)n1. The Morgan fingerprint density at radius 1 is 0.203 bits per heavy atom. The van der Waals surface area contributed by atoms with Gasteiger partial charge in [-0.3, -0.25) is 0 Å². The van der Waals surface area contributed by atoms with Crippen LogP contribution < -0.4 is 0 Å². The topological polar surface area (TPSA) is 77.3 Å². The predicted molar refractivity (Wildman–Crippen MR) is 309 cm³/mol. The van der Waals surface area contributed by atoms with Gasteiger partial charge in [-0.15, -0.1) is 0 Å². The first kappa shape index (κ1) is 43.8. The van der Waals surface area contributed by atoms with E-state index in [-0.39, 0.29) is 0 Å². The third-order valence-corrected chi connectivity index (χ3v) is 15.9. The molecular weight excluding hydrogens is 901 g/mol.